The first-order valence-corrected chi connectivity index (χ1v) is 5.45. The van der Waals surface area contributed by atoms with Crippen molar-refractivity contribution in [3.63, 3.8) is 0 Å². The van der Waals surface area contributed by atoms with E-state index in [4.69, 9.17) is 9.47 Å². The summed E-state index contributed by atoms with van der Waals surface area (Å²) in [5.41, 5.74) is 0.257. The van der Waals surface area contributed by atoms with Crippen LogP contribution >= 0.6 is 0 Å². The van der Waals surface area contributed by atoms with Crippen LogP contribution < -0.4 is 0 Å². The quantitative estimate of drug-likeness (QED) is 0.688. The summed E-state index contributed by atoms with van der Waals surface area (Å²) in [6.45, 7) is 10.3. The van der Waals surface area contributed by atoms with E-state index in [1.165, 1.54) is 0 Å². The lowest BCUT2D eigenvalue weighted by atomic mass is 9.96. The Balaban J connectivity index is 2.61. The molecule has 1 unspecified atom stereocenters. The molecule has 0 aliphatic carbocycles. The largest absolute Gasteiger partial charge is 0.383 e. The summed E-state index contributed by atoms with van der Waals surface area (Å²) in [6.07, 6.45) is 1.16. The topological polar surface area (TPSA) is 21.7 Å². The van der Waals surface area contributed by atoms with E-state index >= 15 is 0 Å². The van der Waals surface area contributed by atoms with E-state index in [2.05, 4.69) is 25.7 Å². The van der Waals surface area contributed by atoms with Crippen molar-refractivity contribution >= 4 is 0 Å². The molecule has 0 radical (unpaired) electrons. The predicted molar refractivity (Wildman–Crippen MR) is 57.6 cm³/mol. The van der Waals surface area contributed by atoms with Crippen molar-refractivity contribution in [2.24, 2.45) is 0 Å². The van der Waals surface area contributed by atoms with Crippen LogP contribution in [0.3, 0.4) is 0 Å². The molecule has 0 aromatic carbocycles. The summed E-state index contributed by atoms with van der Waals surface area (Å²) in [7, 11) is 1.76. The van der Waals surface area contributed by atoms with Crippen molar-refractivity contribution in [3.05, 3.63) is 0 Å². The number of nitrogens with zero attached hydrogens (tertiary/aromatic N) is 1. The van der Waals surface area contributed by atoms with Crippen LogP contribution in [0.1, 0.15) is 27.2 Å². The van der Waals surface area contributed by atoms with E-state index in [1.54, 1.807) is 7.11 Å². The molecule has 0 saturated carbocycles. The van der Waals surface area contributed by atoms with Gasteiger partial charge in [-0.1, -0.05) is 6.92 Å². The molecular weight excluding hydrogens is 178 g/mol. The molecule has 1 aliphatic rings. The first-order valence-electron chi connectivity index (χ1n) is 5.45. The van der Waals surface area contributed by atoms with Crippen molar-refractivity contribution in [2.45, 2.75) is 38.8 Å². The molecule has 0 N–H and O–H groups in total. The maximum atomic E-state index is 5.48. The van der Waals surface area contributed by atoms with Crippen LogP contribution in [-0.2, 0) is 9.47 Å². The first-order chi connectivity index (χ1) is 6.61. The highest BCUT2D eigenvalue weighted by atomic mass is 16.5. The summed E-state index contributed by atoms with van der Waals surface area (Å²) in [6, 6.07) is 0.420. The van der Waals surface area contributed by atoms with Gasteiger partial charge in [0, 0.05) is 19.2 Å². The van der Waals surface area contributed by atoms with Crippen LogP contribution in [0.4, 0.5) is 0 Å². The molecule has 1 atom stereocenters. The fourth-order valence-electron chi connectivity index (χ4n) is 1.99. The molecule has 3 nitrogen and oxygen atoms in total. The maximum absolute atomic E-state index is 5.48. The molecule has 0 amide bonds. The van der Waals surface area contributed by atoms with E-state index < -0.39 is 0 Å². The highest BCUT2D eigenvalue weighted by Gasteiger charge is 2.33. The first kappa shape index (κ1) is 12.0. The van der Waals surface area contributed by atoms with Crippen LogP contribution in [0.5, 0.6) is 0 Å². The summed E-state index contributed by atoms with van der Waals surface area (Å²) in [4.78, 5) is 2.51. The fourth-order valence-corrected chi connectivity index (χ4v) is 1.99. The molecule has 1 aliphatic heterocycles. The van der Waals surface area contributed by atoms with Gasteiger partial charge in [0.2, 0.25) is 0 Å². The summed E-state index contributed by atoms with van der Waals surface area (Å²) in [5, 5.41) is 0. The molecule has 0 bridgehead atoms. The average molecular weight is 201 g/mol. The van der Waals surface area contributed by atoms with Crippen LogP contribution in [-0.4, -0.2) is 50.0 Å². The molecule has 1 rings (SSSR count). The predicted octanol–water partition coefficient (Wildman–Crippen LogP) is 1.52. The molecule has 0 aromatic rings. The molecule has 84 valence electrons. The fraction of sp³-hybridized carbons (Fsp3) is 1.00. The Bertz CT molecular complexity index is 169. The third-order valence-electron chi connectivity index (χ3n) is 3.23. The smallest absolute Gasteiger partial charge is 0.0645 e. The van der Waals surface area contributed by atoms with Crippen LogP contribution in [0.25, 0.3) is 0 Å². The highest BCUT2D eigenvalue weighted by Crippen LogP contribution is 2.23. The minimum atomic E-state index is 0.257. The Morgan fingerprint density at radius 3 is 2.79 bits per heavy atom. The third-order valence-corrected chi connectivity index (χ3v) is 3.23. The van der Waals surface area contributed by atoms with Gasteiger partial charge >= 0.3 is 0 Å². The zero-order valence-corrected chi connectivity index (χ0v) is 9.88. The zero-order valence-electron chi connectivity index (χ0n) is 9.88. The Morgan fingerprint density at radius 2 is 2.21 bits per heavy atom. The van der Waals surface area contributed by atoms with Gasteiger partial charge in [-0.2, -0.15) is 0 Å². The monoisotopic (exact) mass is 201 g/mol. The second-order valence-corrected chi connectivity index (χ2v) is 4.54. The number of ether oxygens (including phenoxy) is 2. The highest BCUT2D eigenvalue weighted by molar-refractivity contribution is 4.87. The standard InChI is InChI=1S/C11H23NO2/c1-5-11(2,3)12-6-7-14-9-10(12)8-13-4/h10H,5-9H2,1-4H3. The Hall–Kier alpha value is -0.120. The molecule has 0 spiro atoms. The second kappa shape index (κ2) is 5.10. The van der Waals surface area contributed by atoms with Gasteiger partial charge in [-0.3, -0.25) is 4.90 Å². The summed E-state index contributed by atoms with van der Waals surface area (Å²) < 4.78 is 10.7. The van der Waals surface area contributed by atoms with Gasteiger partial charge in [0.25, 0.3) is 0 Å². The Labute approximate surface area is 87.4 Å². The number of methoxy groups -OCH3 is 1. The zero-order chi connectivity index (χ0) is 10.6. The lowest BCUT2D eigenvalue weighted by Gasteiger charge is -2.45. The van der Waals surface area contributed by atoms with Crippen molar-refractivity contribution in [2.75, 3.05) is 33.5 Å². The number of hydrogen-bond acceptors (Lipinski definition) is 3. The van der Waals surface area contributed by atoms with Gasteiger partial charge in [-0.25, -0.2) is 0 Å². The van der Waals surface area contributed by atoms with Crippen LogP contribution in [0.15, 0.2) is 0 Å². The van der Waals surface area contributed by atoms with Gasteiger partial charge in [0.05, 0.1) is 25.9 Å². The van der Waals surface area contributed by atoms with Crippen molar-refractivity contribution in [1.29, 1.82) is 0 Å². The number of morpholine rings is 1. The summed E-state index contributed by atoms with van der Waals surface area (Å²) in [5.74, 6) is 0. The molecule has 1 fully saturated rings. The number of hydrogen-bond donors (Lipinski definition) is 0. The van der Waals surface area contributed by atoms with Crippen LogP contribution in [0.2, 0.25) is 0 Å². The minimum absolute atomic E-state index is 0.257. The van der Waals surface area contributed by atoms with Crippen LogP contribution in [0, 0.1) is 0 Å². The normalized spacial score (nSPS) is 25.3. The molecule has 3 heteroatoms. The Kier molecular flexibility index (Phi) is 4.35. The molecular formula is C11H23NO2. The Morgan fingerprint density at radius 1 is 1.50 bits per heavy atom. The van der Waals surface area contributed by atoms with Gasteiger partial charge in [0.1, 0.15) is 0 Å². The van der Waals surface area contributed by atoms with Crippen molar-refractivity contribution in [3.8, 4) is 0 Å². The van der Waals surface area contributed by atoms with E-state index in [0.717, 1.165) is 32.8 Å². The van der Waals surface area contributed by atoms with Gasteiger partial charge in [0.15, 0.2) is 0 Å². The SMILES string of the molecule is CCC(C)(C)N1CCOCC1COC. The van der Waals surface area contributed by atoms with Gasteiger partial charge in [-0.15, -0.1) is 0 Å². The van der Waals surface area contributed by atoms with E-state index in [9.17, 15) is 0 Å². The average Bonchev–Trinajstić information content (AvgIpc) is 2.19. The maximum Gasteiger partial charge on any atom is 0.0645 e. The molecule has 14 heavy (non-hydrogen) atoms. The lowest BCUT2D eigenvalue weighted by molar-refractivity contribution is -0.0769. The minimum Gasteiger partial charge on any atom is -0.383 e. The van der Waals surface area contributed by atoms with E-state index in [-0.39, 0.29) is 5.54 Å². The number of rotatable bonds is 4. The lowest BCUT2D eigenvalue weighted by Crippen LogP contribution is -2.57. The van der Waals surface area contributed by atoms with E-state index in [1.807, 2.05) is 0 Å². The van der Waals surface area contributed by atoms with Gasteiger partial charge in [-0.05, 0) is 20.3 Å². The summed E-state index contributed by atoms with van der Waals surface area (Å²) >= 11 is 0. The molecule has 1 saturated heterocycles. The van der Waals surface area contributed by atoms with Gasteiger partial charge < -0.3 is 9.47 Å². The molecule has 0 aromatic heterocycles. The van der Waals surface area contributed by atoms with E-state index in [0.29, 0.717) is 6.04 Å². The third kappa shape index (κ3) is 2.69. The second-order valence-electron chi connectivity index (χ2n) is 4.54. The van der Waals surface area contributed by atoms with Crippen molar-refractivity contribution < 1.29 is 9.47 Å². The van der Waals surface area contributed by atoms with Crippen molar-refractivity contribution in [1.82, 2.24) is 4.90 Å². The molecule has 1 heterocycles.